The Kier molecular flexibility index (Phi) is 4.43. The van der Waals surface area contributed by atoms with Gasteiger partial charge in [-0.1, -0.05) is 23.5 Å². The number of allylic oxidation sites excluding steroid dienone is 2. The molecule has 2 aromatic rings. The van der Waals surface area contributed by atoms with E-state index in [4.69, 9.17) is 4.74 Å². The molecule has 1 aliphatic heterocycles. The summed E-state index contributed by atoms with van der Waals surface area (Å²) in [6, 6.07) is 4.58. The van der Waals surface area contributed by atoms with E-state index in [9.17, 15) is 14.4 Å². The van der Waals surface area contributed by atoms with Gasteiger partial charge in [0.15, 0.2) is 5.13 Å². The van der Waals surface area contributed by atoms with Crippen molar-refractivity contribution in [3.63, 3.8) is 0 Å². The lowest BCUT2D eigenvalue weighted by atomic mass is 9.85. The van der Waals surface area contributed by atoms with E-state index in [1.54, 1.807) is 20.1 Å². The molecule has 7 nitrogen and oxygen atoms in total. The molecule has 1 aromatic heterocycles. The van der Waals surface area contributed by atoms with Gasteiger partial charge in [0.2, 0.25) is 17.7 Å². The first-order valence-electron chi connectivity index (χ1n) is 8.77. The lowest BCUT2D eigenvalue weighted by Gasteiger charge is -2.21. The van der Waals surface area contributed by atoms with Gasteiger partial charge in [0, 0.05) is 0 Å². The first-order valence-corrected chi connectivity index (χ1v) is 9.58. The Morgan fingerprint density at radius 1 is 1.26 bits per heavy atom. The average Bonchev–Trinajstić information content (AvgIpc) is 3.19. The number of carbonyl (C=O) groups excluding carboxylic acids is 3. The minimum Gasteiger partial charge on any atom is -0.497 e. The van der Waals surface area contributed by atoms with Gasteiger partial charge < -0.3 is 10.1 Å². The van der Waals surface area contributed by atoms with E-state index < -0.39 is 11.9 Å². The SMILES string of the molecule is COc1ccc2nc(NC(=O)[C@H](C)N3C(=O)[C@@H]4CC=CC[C@H]4C3=O)sc2c1. The van der Waals surface area contributed by atoms with E-state index >= 15 is 0 Å². The van der Waals surface area contributed by atoms with E-state index in [-0.39, 0.29) is 23.7 Å². The molecule has 1 N–H and O–H groups in total. The summed E-state index contributed by atoms with van der Waals surface area (Å²) in [5.74, 6) is -0.909. The molecule has 1 aromatic carbocycles. The number of carbonyl (C=O) groups is 3. The number of likely N-dealkylation sites (tertiary alicyclic amines) is 1. The van der Waals surface area contributed by atoms with Crippen LogP contribution in [0, 0.1) is 11.8 Å². The number of nitrogens with zero attached hydrogens (tertiary/aromatic N) is 2. The normalized spacial score (nSPS) is 22.8. The molecule has 0 spiro atoms. The molecule has 27 heavy (non-hydrogen) atoms. The largest absolute Gasteiger partial charge is 0.497 e. The molecule has 0 bridgehead atoms. The fraction of sp³-hybridized carbons (Fsp3) is 0.368. The predicted molar refractivity (Wildman–Crippen MR) is 101 cm³/mol. The molecule has 3 amide bonds. The van der Waals surface area contributed by atoms with Crippen LogP contribution < -0.4 is 10.1 Å². The van der Waals surface area contributed by atoms with Gasteiger partial charge in [-0.05, 0) is 38.0 Å². The third-order valence-corrected chi connectivity index (χ3v) is 6.07. The number of rotatable bonds is 4. The standard InChI is InChI=1S/C19H19N3O4S/c1-10(22-17(24)12-5-3-4-6-13(12)18(22)25)16(23)21-19-20-14-8-7-11(26-2)9-15(14)27-19/h3-4,7-10,12-13H,5-6H2,1-2H3,(H,20,21,23)/t10-,12+,13+/m0/s1. The number of anilines is 1. The van der Waals surface area contributed by atoms with Crippen LogP contribution in [0.3, 0.4) is 0 Å². The fourth-order valence-electron chi connectivity index (χ4n) is 3.62. The predicted octanol–water partition coefficient (Wildman–Crippen LogP) is 2.58. The molecule has 140 valence electrons. The van der Waals surface area contributed by atoms with Gasteiger partial charge in [-0.3, -0.25) is 19.3 Å². The van der Waals surface area contributed by atoms with Gasteiger partial charge in [-0.25, -0.2) is 4.98 Å². The second-order valence-electron chi connectivity index (χ2n) is 6.72. The van der Waals surface area contributed by atoms with Crippen molar-refractivity contribution < 1.29 is 19.1 Å². The third-order valence-electron chi connectivity index (χ3n) is 5.13. The number of hydrogen-bond donors (Lipinski definition) is 1. The fourth-order valence-corrected chi connectivity index (χ4v) is 4.52. The number of amides is 3. The zero-order valence-electron chi connectivity index (χ0n) is 15.0. The highest BCUT2D eigenvalue weighted by Crippen LogP contribution is 2.36. The monoisotopic (exact) mass is 385 g/mol. The Bertz CT molecular complexity index is 941. The molecule has 0 radical (unpaired) electrons. The Hall–Kier alpha value is -2.74. The number of hydrogen-bond acceptors (Lipinski definition) is 6. The molecule has 1 saturated heterocycles. The lowest BCUT2D eigenvalue weighted by Crippen LogP contribution is -2.46. The van der Waals surface area contributed by atoms with Crippen molar-refractivity contribution in [2.24, 2.45) is 11.8 Å². The average molecular weight is 385 g/mol. The minimum absolute atomic E-state index is 0.258. The molecule has 2 aliphatic rings. The van der Waals surface area contributed by atoms with E-state index in [1.807, 2.05) is 24.3 Å². The van der Waals surface area contributed by atoms with Gasteiger partial charge in [0.25, 0.3) is 0 Å². The van der Waals surface area contributed by atoms with Crippen LogP contribution in [0.2, 0.25) is 0 Å². The van der Waals surface area contributed by atoms with Crippen molar-refractivity contribution in [1.82, 2.24) is 9.88 Å². The van der Waals surface area contributed by atoms with E-state index in [0.717, 1.165) is 15.1 Å². The Labute approximate surface area is 160 Å². The van der Waals surface area contributed by atoms with Gasteiger partial charge in [-0.15, -0.1) is 0 Å². The van der Waals surface area contributed by atoms with Crippen LogP contribution in [0.4, 0.5) is 5.13 Å². The van der Waals surface area contributed by atoms with Gasteiger partial charge in [0.05, 0.1) is 29.2 Å². The zero-order valence-corrected chi connectivity index (χ0v) is 15.8. The number of fused-ring (bicyclic) bond motifs is 2. The molecular weight excluding hydrogens is 366 g/mol. The van der Waals surface area contributed by atoms with Crippen molar-refractivity contribution in [3.8, 4) is 5.75 Å². The molecule has 0 unspecified atom stereocenters. The van der Waals surface area contributed by atoms with Gasteiger partial charge >= 0.3 is 0 Å². The topological polar surface area (TPSA) is 88.6 Å². The summed E-state index contributed by atoms with van der Waals surface area (Å²) in [6.07, 6.45) is 4.96. The number of aromatic nitrogens is 1. The number of ether oxygens (including phenoxy) is 1. The van der Waals surface area contributed by atoms with Crippen molar-refractivity contribution in [3.05, 3.63) is 30.4 Å². The highest BCUT2D eigenvalue weighted by atomic mass is 32.1. The number of imide groups is 1. The highest BCUT2D eigenvalue weighted by Gasteiger charge is 2.50. The molecule has 2 heterocycles. The van der Waals surface area contributed by atoms with Crippen molar-refractivity contribution >= 4 is 44.4 Å². The van der Waals surface area contributed by atoms with Crippen LogP contribution in [0.1, 0.15) is 19.8 Å². The Balaban J connectivity index is 1.51. The van der Waals surface area contributed by atoms with Crippen LogP contribution >= 0.6 is 11.3 Å². The molecule has 1 aliphatic carbocycles. The second-order valence-corrected chi connectivity index (χ2v) is 7.75. The number of nitrogens with one attached hydrogen (secondary N) is 1. The maximum atomic E-state index is 12.7. The maximum absolute atomic E-state index is 12.7. The zero-order chi connectivity index (χ0) is 19.1. The molecular formula is C19H19N3O4S. The summed E-state index contributed by atoms with van der Waals surface area (Å²) in [5, 5.41) is 3.16. The van der Waals surface area contributed by atoms with Gasteiger partial charge in [-0.2, -0.15) is 0 Å². The van der Waals surface area contributed by atoms with Gasteiger partial charge in [0.1, 0.15) is 11.8 Å². The van der Waals surface area contributed by atoms with Crippen LogP contribution in [0.15, 0.2) is 30.4 Å². The number of thiazole rings is 1. The van der Waals surface area contributed by atoms with E-state index in [1.165, 1.54) is 11.3 Å². The smallest absolute Gasteiger partial charge is 0.249 e. The third kappa shape index (κ3) is 2.99. The summed E-state index contributed by atoms with van der Waals surface area (Å²) < 4.78 is 6.07. The number of benzene rings is 1. The van der Waals surface area contributed by atoms with Crippen molar-refractivity contribution in [2.45, 2.75) is 25.8 Å². The number of methoxy groups -OCH3 is 1. The first-order chi connectivity index (χ1) is 13.0. The lowest BCUT2D eigenvalue weighted by molar-refractivity contribution is -0.146. The summed E-state index contributed by atoms with van der Waals surface area (Å²) in [5.41, 5.74) is 0.745. The molecule has 8 heteroatoms. The quantitative estimate of drug-likeness (QED) is 0.646. The van der Waals surface area contributed by atoms with Crippen LogP contribution in [0.25, 0.3) is 10.2 Å². The molecule has 3 atom stereocenters. The maximum Gasteiger partial charge on any atom is 0.249 e. The van der Waals surface area contributed by atoms with E-state index in [2.05, 4.69) is 10.3 Å². The van der Waals surface area contributed by atoms with Crippen molar-refractivity contribution in [1.29, 1.82) is 0 Å². The first kappa shape index (κ1) is 17.7. The molecule has 4 rings (SSSR count). The summed E-state index contributed by atoms with van der Waals surface area (Å²) in [7, 11) is 1.59. The van der Waals surface area contributed by atoms with E-state index in [0.29, 0.717) is 23.7 Å². The minimum atomic E-state index is -0.878. The summed E-state index contributed by atoms with van der Waals surface area (Å²) in [6.45, 7) is 1.58. The summed E-state index contributed by atoms with van der Waals surface area (Å²) in [4.78, 5) is 43.4. The second kappa shape index (κ2) is 6.77. The van der Waals surface area contributed by atoms with Crippen LogP contribution in [-0.2, 0) is 14.4 Å². The van der Waals surface area contributed by atoms with Crippen molar-refractivity contribution in [2.75, 3.05) is 12.4 Å². The highest BCUT2D eigenvalue weighted by molar-refractivity contribution is 7.22. The Morgan fingerprint density at radius 2 is 1.93 bits per heavy atom. The van der Waals surface area contributed by atoms with Crippen LogP contribution in [0.5, 0.6) is 5.75 Å². The molecule has 0 saturated carbocycles. The summed E-state index contributed by atoms with van der Waals surface area (Å²) >= 11 is 1.32. The van der Waals surface area contributed by atoms with Crippen LogP contribution in [-0.4, -0.2) is 40.8 Å². The Morgan fingerprint density at radius 3 is 2.56 bits per heavy atom. The molecule has 1 fully saturated rings.